The molecule has 288 valence electrons. The lowest BCUT2D eigenvalue weighted by Gasteiger charge is -2.25. The molecule has 7 heteroatoms. The molecule has 0 radical (unpaired) electrons. The molecule has 62 heavy (non-hydrogen) atoms. The third kappa shape index (κ3) is 6.87. The molecule has 2 aromatic heterocycles. The average molecular weight is 792 g/mol. The summed E-state index contributed by atoms with van der Waals surface area (Å²) >= 11 is 0. The maximum absolute atomic E-state index is 10.5. The Morgan fingerprint density at radius 3 is 1.65 bits per heavy atom. The van der Waals surface area contributed by atoms with Gasteiger partial charge < -0.3 is 9.47 Å². The number of para-hydroxylation sites is 3. The van der Waals surface area contributed by atoms with Crippen LogP contribution in [0.25, 0.3) is 72.5 Å². The van der Waals surface area contributed by atoms with Gasteiger partial charge in [-0.15, -0.1) is 0 Å². The Balaban J connectivity index is 1.03. The molecule has 0 amide bonds. The van der Waals surface area contributed by atoms with Crippen LogP contribution < -0.4 is 4.90 Å². The molecule has 0 aliphatic rings. The third-order valence-electron chi connectivity index (χ3n) is 11.1. The van der Waals surface area contributed by atoms with Crippen molar-refractivity contribution in [2.75, 3.05) is 4.90 Å². The molecule has 0 bridgehead atoms. The van der Waals surface area contributed by atoms with Crippen molar-refractivity contribution in [3.8, 4) is 68.9 Å². The summed E-state index contributed by atoms with van der Waals surface area (Å²) in [4.78, 5) is 12.1. The molecule has 2 heterocycles. The summed E-state index contributed by atoms with van der Waals surface area (Å²) in [6, 6.07) is 73.3. The van der Waals surface area contributed by atoms with Gasteiger partial charge in [-0.2, -0.15) is 15.8 Å². The van der Waals surface area contributed by atoms with Gasteiger partial charge in [0.1, 0.15) is 0 Å². The first-order valence-electron chi connectivity index (χ1n) is 20.1. The number of fused-ring (bicyclic) bond motifs is 3. The van der Waals surface area contributed by atoms with Gasteiger partial charge in [-0.1, -0.05) is 103 Å². The van der Waals surface area contributed by atoms with E-state index in [0.717, 1.165) is 66.8 Å². The molecule has 10 rings (SSSR count). The first kappa shape index (κ1) is 37.2. The van der Waals surface area contributed by atoms with Crippen molar-refractivity contribution in [1.29, 1.82) is 15.8 Å². The summed E-state index contributed by atoms with van der Waals surface area (Å²) in [5.41, 5.74) is 13.1. The van der Waals surface area contributed by atoms with Crippen LogP contribution in [-0.4, -0.2) is 14.5 Å². The SMILES string of the molecule is N#Cc1cccc(-c2cc(-c3ccc(-c4ccc(-n5c6ccccc6c6cc(N(c7ccccc7)c7ccccc7)ccc65)cc4)c(C#N)c3)nc(-c3cccc(C#N)c3)n2)c1. The Bertz CT molecular complexity index is 3330. The number of nitrogens with zero attached hydrogens (tertiary/aromatic N) is 7. The molecule has 0 fully saturated rings. The molecule has 8 aromatic carbocycles. The molecule has 0 saturated heterocycles. The second-order valence-corrected chi connectivity index (χ2v) is 14.8. The summed E-state index contributed by atoms with van der Waals surface area (Å²) in [5.74, 6) is 0.432. The lowest BCUT2D eigenvalue weighted by Crippen LogP contribution is -2.09. The van der Waals surface area contributed by atoms with Gasteiger partial charge in [-0.25, -0.2) is 9.97 Å². The zero-order chi connectivity index (χ0) is 42.0. The van der Waals surface area contributed by atoms with Crippen LogP contribution in [0.2, 0.25) is 0 Å². The van der Waals surface area contributed by atoms with E-state index < -0.39 is 0 Å². The highest BCUT2D eigenvalue weighted by atomic mass is 15.1. The summed E-state index contributed by atoms with van der Waals surface area (Å²) in [7, 11) is 0. The number of hydrogen-bond acceptors (Lipinski definition) is 6. The van der Waals surface area contributed by atoms with Crippen LogP contribution in [0.3, 0.4) is 0 Å². The van der Waals surface area contributed by atoms with Gasteiger partial charge in [0.25, 0.3) is 0 Å². The predicted octanol–water partition coefficient (Wildman–Crippen LogP) is 13.3. The van der Waals surface area contributed by atoms with E-state index in [4.69, 9.17) is 9.97 Å². The van der Waals surface area contributed by atoms with Crippen LogP contribution in [0.15, 0.2) is 200 Å². The second kappa shape index (κ2) is 15.9. The van der Waals surface area contributed by atoms with E-state index in [9.17, 15) is 15.8 Å². The number of benzene rings is 8. The zero-order valence-corrected chi connectivity index (χ0v) is 33.2. The molecular weight excluding hydrogens is 759 g/mol. The Morgan fingerprint density at radius 1 is 0.403 bits per heavy atom. The molecule has 0 spiro atoms. The molecule has 0 unspecified atom stereocenters. The summed E-state index contributed by atoms with van der Waals surface area (Å²) in [6.45, 7) is 0. The fourth-order valence-corrected chi connectivity index (χ4v) is 8.17. The highest BCUT2D eigenvalue weighted by Crippen LogP contribution is 2.40. The van der Waals surface area contributed by atoms with Crippen LogP contribution in [-0.2, 0) is 0 Å². The van der Waals surface area contributed by atoms with Crippen LogP contribution in [0.5, 0.6) is 0 Å². The van der Waals surface area contributed by atoms with Crippen molar-refractivity contribution >= 4 is 38.9 Å². The van der Waals surface area contributed by atoms with Crippen LogP contribution >= 0.6 is 0 Å². The quantitative estimate of drug-likeness (QED) is 0.152. The van der Waals surface area contributed by atoms with Crippen molar-refractivity contribution in [2.45, 2.75) is 0 Å². The molecule has 0 aliphatic heterocycles. The largest absolute Gasteiger partial charge is 0.310 e. The van der Waals surface area contributed by atoms with Gasteiger partial charge in [-0.3, -0.25) is 0 Å². The molecule has 7 nitrogen and oxygen atoms in total. The molecule has 10 aromatic rings. The topological polar surface area (TPSA) is 105 Å². The molecule has 0 N–H and O–H groups in total. The average Bonchev–Trinajstić information content (AvgIpc) is 3.68. The van der Waals surface area contributed by atoms with E-state index in [2.05, 4.69) is 143 Å². The highest BCUT2D eigenvalue weighted by molar-refractivity contribution is 6.10. The lowest BCUT2D eigenvalue weighted by atomic mass is 9.96. The highest BCUT2D eigenvalue weighted by Gasteiger charge is 2.18. The fraction of sp³-hybridized carbons (Fsp3) is 0. The zero-order valence-electron chi connectivity index (χ0n) is 33.2. The van der Waals surface area contributed by atoms with E-state index in [-0.39, 0.29) is 0 Å². The Labute approximate surface area is 358 Å². The summed E-state index contributed by atoms with van der Waals surface area (Å²) < 4.78 is 2.30. The molecule has 0 aliphatic carbocycles. The number of hydrogen-bond donors (Lipinski definition) is 0. The van der Waals surface area contributed by atoms with Crippen molar-refractivity contribution in [3.05, 3.63) is 217 Å². The van der Waals surface area contributed by atoms with E-state index in [1.54, 1.807) is 30.3 Å². The monoisotopic (exact) mass is 791 g/mol. The van der Waals surface area contributed by atoms with Crippen LogP contribution in [0.4, 0.5) is 17.1 Å². The maximum atomic E-state index is 10.5. The number of rotatable bonds is 8. The molecule has 0 atom stereocenters. The van der Waals surface area contributed by atoms with Crippen molar-refractivity contribution < 1.29 is 0 Å². The van der Waals surface area contributed by atoms with E-state index in [1.807, 2.05) is 54.6 Å². The van der Waals surface area contributed by atoms with Gasteiger partial charge in [0.15, 0.2) is 5.82 Å². The minimum Gasteiger partial charge on any atom is -0.310 e. The number of aromatic nitrogens is 3. The molecular formula is C55H33N7. The Morgan fingerprint density at radius 2 is 0.984 bits per heavy atom. The lowest BCUT2D eigenvalue weighted by molar-refractivity contribution is 1.18. The van der Waals surface area contributed by atoms with E-state index in [1.165, 1.54) is 0 Å². The normalized spacial score (nSPS) is 10.9. The first-order chi connectivity index (χ1) is 30.6. The van der Waals surface area contributed by atoms with Crippen LogP contribution in [0.1, 0.15) is 16.7 Å². The number of anilines is 3. The molecule has 0 saturated carbocycles. The van der Waals surface area contributed by atoms with Gasteiger partial charge in [0, 0.05) is 50.2 Å². The summed E-state index contributed by atoms with van der Waals surface area (Å²) in [5, 5.41) is 32.0. The fourth-order valence-electron chi connectivity index (χ4n) is 8.17. The van der Waals surface area contributed by atoms with Crippen molar-refractivity contribution in [2.24, 2.45) is 0 Å². The predicted molar refractivity (Wildman–Crippen MR) is 247 cm³/mol. The minimum atomic E-state index is 0.432. The van der Waals surface area contributed by atoms with Gasteiger partial charge in [-0.05, 0) is 108 Å². The minimum absolute atomic E-state index is 0.432. The maximum Gasteiger partial charge on any atom is 0.160 e. The van der Waals surface area contributed by atoms with Gasteiger partial charge >= 0.3 is 0 Å². The smallest absolute Gasteiger partial charge is 0.160 e. The summed E-state index contributed by atoms with van der Waals surface area (Å²) in [6.07, 6.45) is 0. The van der Waals surface area contributed by atoms with Crippen molar-refractivity contribution in [3.63, 3.8) is 0 Å². The standard InChI is InChI=1S/C55H33N7/c56-34-37-11-9-13-40(29-37)51-33-52(60-55(59-51)42-14-10-12-38(30-42)35-57)41-23-27-48(43(31-41)36-58)39-21-24-46(25-22-39)62-53-20-8-7-19-49(53)50-32-47(26-28-54(50)62)61(44-15-3-1-4-16-44)45-17-5-2-6-18-45/h1-33H. The number of nitriles is 3. The van der Waals surface area contributed by atoms with E-state index >= 15 is 0 Å². The van der Waals surface area contributed by atoms with Crippen LogP contribution in [0, 0.1) is 34.0 Å². The van der Waals surface area contributed by atoms with Gasteiger partial charge in [0.05, 0.1) is 57.3 Å². The Kier molecular flexibility index (Phi) is 9.56. The Hall–Kier alpha value is -9.09. The first-order valence-corrected chi connectivity index (χ1v) is 20.1. The second-order valence-electron chi connectivity index (χ2n) is 14.8. The van der Waals surface area contributed by atoms with Gasteiger partial charge in [0.2, 0.25) is 0 Å². The van der Waals surface area contributed by atoms with E-state index in [0.29, 0.717) is 39.5 Å². The third-order valence-corrected chi connectivity index (χ3v) is 11.1. The van der Waals surface area contributed by atoms with Crippen molar-refractivity contribution in [1.82, 2.24) is 14.5 Å².